The summed E-state index contributed by atoms with van der Waals surface area (Å²) in [6, 6.07) is 25.5. The highest BCUT2D eigenvalue weighted by Crippen LogP contribution is 2.32. The number of nitrogens with one attached hydrogen (secondary N) is 1. The number of carbonyl (C=O) groups excluding carboxylic acids is 1. The first-order valence-corrected chi connectivity index (χ1v) is 15.1. The van der Waals surface area contributed by atoms with Gasteiger partial charge in [0, 0.05) is 34.4 Å². The number of carbonyl (C=O) groups is 1. The Hall–Kier alpha value is -4.49. The van der Waals surface area contributed by atoms with Gasteiger partial charge in [-0.05, 0) is 62.1 Å². The molecule has 7 heteroatoms. The van der Waals surface area contributed by atoms with E-state index in [0.717, 1.165) is 22.0 Å². The molecule has 1 atom stereocenters. The van der Waals surface area contributed by atoms with Gasteiger partial charge in [-0.25, -0.2) is 4.99 Å². The lowest BCUT2D eigenvalue weighted by Crippen LogP contribution is -2.40. The van der Waals surface area contributed by atoms with E-state index in [1.807, 2.05) is 67.6 Å². The van der Waals surface area contributed by atoms with E-state index in [2.05, 4.69) is 68.0 Å². The molecule has 0 radical (unpaired) electrons. The number of amides is 1. The zero-order valence-electron chi connectivity index (χ0n) is 24.5. The molecule has 1 aliphatic rings. The second-order valence-electron chi connectivity index (χ2n) is 11.3. The molecule has 6 rings (SSSR count). The van der Waals surface area contributed by atoms with Gasteiger partial charge < -0.3 is 9.88 Å². The first-order chi connectivity index (χ1) is 20.2. The van der Waals surface area contributed by atoms with Gasteiger partial charge in [0.05, 0.1) is 21.8 Å². The number of allylic oxidation sites excluding steroid dienone is 1. The number of fused-ring (bicyclic) bond motifs is 2. The van der Waals surface area contributed by atoms with Crippen LogP contribution in [0.5, 0.6) is 0 Å². The molecule has 0 aliphatic carbocycles. The van der Waals surface area contributed by atoms with E-state index < -0.39 is 6.04 Å². The number of nitrogens with zero attached hydrogens (tertiary/aromatic N) is 3. The van der Waals surface area contributed by atoms with Gasteiger partial charge in [-0.3, -0.25) is 14.2 Å². The summed E-state index contributed by atoms with van der Waals surface area (Å²) in [5, 5.41) is 4.12. The van der Waals surface area contributed by atoms with Gasteiger partial charge in [0.1, 0.15) is 0 Å². The molecule has 0 saturated heterocycles. The predicted octanol–water partition coefficient (Wildman–Crippen LogP) is 6.53. The second-order valence-corrected chi connectivity index (χ2v) is 12.3. The maximum absolute atomic E-state index is 14.2. The first kappa shape index (κ1) is 27.7. The number of hydrogen-bond acceptors (Lipinski definition) is 4. The summed E-state index contributed by atoms with van der Waals surface area (Å²) in [6.45, 7) is 10.5. The van der Waals surface area contributed by atoms with E-state index >= 15 is 0 Å². The summed E-state index contributed by atoms with van der Waals surface area (Å²) in [7, 11) is 0. The molecular formula is C35H34N4O2S. The molecule has 0 spiro atoms. The van der Waals surface area contributed by atoms with E-state index in [1.54, 1.807) is 4.57 Å². The second kappa shape index (κ2) is 11.1. The highest BCUT2D eigenvalue weighted by Gasteiger charge is 2.32. The van der Waals surface area contributed by atoms with Crippen LogP contribution in [0.1, 0.15) is 69.3 Å². The molecule has 1 N–H and O–H groups in total. The van der Waals surface area contributed by atoms with Crippen LogP contribution in [-0.2, 0) is 4.79 Å². The van der Waals surface area contributed by atoms with Crippen molar-refractivity contribution in [3.63, 3.8) is 0 Å². The van der Waals surface area contributed by atoms with Gasteiger partial charge in [0.2, 0.25) is 0 Å². The van der Waals surface area contributed by atoms with Gasteiger partial charge in [0.15, 0.2) is 4.80 Å². The van der Waals surface area contributed by atoms with Gasteiger partial charge in [0.25, 0.3) is 11.5 Å². The van der Waals surface area contributed by atoms with E-state index in [0.29, 0.717) is 32.2 Å². The molecule has 1 amide bonds. The predicted molar refractivity (Wildman–Crippen MR) is 172 cm³/mol. The molecule has 42 heavy (non-hydrogen) atoms. The molecule has 1 aliphatic heterocycles. The first-order valence-electron chi connectivity index (χ1n) is 14.3. The molecule has 0 fully saturated rings. The summed E-state index contributed by atoms with van der Waals surface area (Å²) in [5.41, 5.74) is 5.79. The van der Waals surface area contributed by atoms with Gasteiger partial charge in [-0.15, -0.1) is 0 Å². The minimum atomic E-state index is -0.606. The largest absolute Gasteiger partial charge is 0.344 e. The number of benzene rings is 3. The summed E-state index contributed by atoms with van der Waals surface area (Å²) in [6.07, 6.45) is 4.08. The van der Waals surface area contributed by atoms with Crippen LogP contribution in [0.15, 0.2) is 106 Å². The van der Waals surface area contributed by atoms with Crippen LogP contribution in [0.3, 0.4) is 0 Å². The lowest BCUT2D eigenvalue weighted by atomic mass is 9.93. The SMILES string of the molecule is CC1=C(C(=O)Nc2ccccc2)C(c2ccc(C(C)C)cc2)n2c(s/c(=C\c3cn(C(C)C)c4ccccc34)c2=O)=N1. The highest BCUT2D eigenvalue weighted by molar-refractivity contribution is 7.07. The average molecular weight is 575 g/mol. The average Bonchev–Trinajstić information content (AvgIpc) is 3.50. The maximum Gasteiger partial charge on any atom is 0.271 e. The van der Waals surface area contributed by atoms with E-state index in [1.165, 1.54) is 16.9 Å². The molecule has 2 aromatic heterocycles. The summed E-state index contributed by atoms with van der Waals surface area (Å²) in [4.78, 5) is 33.4. The van der Waals surface area contributed by atoms with Crippen molar-refractivity contribution in [2.75, 3.05) is 5.32 Å². The molecule has 0 bridgehead atoms. The van der Waals surface area contributed by atoms with Crippen molar-refractivity contribution in [1.82, 2.24) is 9.13 Å². The summed E-state index contributed by atoms with van der Waals surface area (Å²) >= 11 is 1.36. The Morgan fingerprint density at radius 3 is 2.33 bits per heavy atom. The Balaban J connectivity index is 1.53. The smallest absolute Gasteiger partial charge is 0.271 e. The van der Waals surface area contributed by atoms with E-state index in [4.69, 9.17) is 4.99 Å². The van der Waals surface area contributed by atoms with Crippen LogP contribution in [-0.4, -0.2) is 15.0 Å². The van der Waals surface area contributed by atoms with Gasteiger partial charge >= 0.3 is 0 Å². The van der Waals surface area contributed by atoms with Crippen molar-refractivity contribution >= 4 is 39.9 Å². The van der Waals surface area contributed by atoms with E-state index in [-0.39, 0.29) is 17.5 Å². The molecular weight excluding hydrogens is 540 g/mol. The van der Waals surface area contributed by atoms with Crippen molar-refractivity contribution in [2.45, 2.75) is 52.6 Å². The minimum Gasteiger partial charge on any atom is -0.344 e. The molecule has 3 aromatic carbocycles. The Labute approximate surface area is 249 Å². The van der Waals surface area contributed by atoms with Crippen molar-refractivity contribution in [3.8, 4) is 0 Å². The number of anilines is 1. The Morgan fingerprint density at radius 2 is 1.64 bits per heavy atom. The van der Waals surface area contributed by atoms with Crippen LogP contribution in [0.25, 0.3) is 17.0 Å². The quantitative estimate of drug-likeness (QED) is 0.250. The minimum absolute atomic E-state index is 0.157. The normalized spacial score (nSPS) is 15.4. The number of thiazole rings is 1. The van der Waals surface area contributed by atoms with Crippen LogP contribution in [0.4, 0.5) is 5.69 Å². The van der Waals surface area contributed by atoms with Crippen molar-refractivity contribution in [2.24, 2.45) is 4.99 Å². The Bertz CT molecular complexity index is 2010. The zero-order valence-corrected chi connectivity index (χ0v) is 25.3. The van der Waals surface area contributed by atoms with E-state index in [9.17, 15) is 9.59 Å². The van der Waals surface area contributed by atoms with Crippen molar-refractivity contribution < 1.29 is 4.79 Å². The molecule has 6 nitrogen and oxygen atoms in total. The molecule has 3 heterocycles. The third-order valence-electron chi connectivity index (χ3n) is 7.83. The van der Waals surface area contributed by atoms with Crippen LogP contribution < -0.4 is 20.2 Å². The fourth-order valence-corrected chi connectivity index (χ4v) is 6.66. The number of para-hydroxylation sites is 2. The molecule has 1 unspecified atom stereocenters. The van der Waals surface area contributed by atoms with Crippen LogP contribution >= 0.6 is 11.3 Å². The summed E-state index contributed by atoms with van der Waals surface area (Å²) < 4.78 is 4.50. The third-order valence-corrected chi connectivity index (χ3v) is 8.81. The van der Waals surface area contributed by atoms with Crippen LogP contribution in [0.2, 0.25) is 0 Å². The lowest BCUT2D eigenvalue weighted by molar-refractivity contribution is -0.113. The number of aromatic nitrogens is 2. The highest BCUT2D eigenvalue weighted by atomic mass is 32.1. The summed E-state index contributed by atoms with van der Waals surface area (Å²) in [5.74, 6) is 0.0989. The van der Waals surface area contributed by atoms with Gasteiger partial charge in [-0.2, -0.15) is 0 Å². The van der Waals surface area contributed by atoms with Crippen molar-refractivity contribution in [1.29, 1.82) is 0 Å². The molecule has 212 valence electrons. The topological polar surface area (TPSA) is 68.4 Å². The standard InChI is InChI=1S/C35H34N4O2S/c1-21(2)24-15-17-25(18-16-24)32-31(33(40)37-27-11-7-6-8-12-27)23(5)36-35-39(32)34(41)30(42-35)19-26-20-38(22(3)4)29-14-10-9-13-28(26)29/h6-22,32H,1-5H3,(H,37,40)/b30-19-. The van der Waals surface area contributed by atoms with Crippen LogP contribution in [0, 0.1) is 0 Å². The monoisotopic (exact) mass is 574 g/mol. The fraction of sp³-hybridized carbons (Fsp3) is 0.229. The Kier molecular flexibility index (Phi) is 7.29. The third kappa shape index (κ3) is 4.94. The number of hydrogen-bond donors (Lipinski definition) is 1. The van der Waals surface area contributed by atoms with Gasteiger partial charge in [-0.1, -0.05) is 85.8 Å². The molecule has 0 saturated carbocycles. The Morgan fingerprint density at radius 1 is 0.952 bits per heavy atom. The maximum atomic E-state index is 14.2. The molecule has 5 aromatic rings. The fourth-order valence-electron chi connectivity index (χ4n) is 5.63. The lowest BCUT2D eigenvalue weighted by Gasteiger charge is -2.25. The number of rotatable bonds is 6. The van der Waals surface area contributed by atoms with Crippen molar-refractivity contribution in [3.05, 3.63) is 133 Å². The zero-order chi connectivity index (χ0) is 29.5.